The zero-order valence-electron chi connectivity index (χ0n) is 22.7. The number of aliphatic imine (C=N–C) groups is 1. The van der Waals surface area contributed by atoms with E-state index in [0.717, 1.165) is 11.3 Å². The van der Waals surface area contributed by atoms with E-state index in [1.165, 1.54) is 0 Å². The molecule has 0 unspecified atom stereocenters. The summed E-state index contributed by atoms with van der Waals surface area (Å²) >= 11 is 0. The number of hydrazine groups is 1. The Kier molecular flexibility index (Phi) is 9.95. The number of rotatable bonds is 14. The van der Waals surface area contributed by atoms with Crippen molar-refractivity contribution in [1.29, 1.82) is 0 Å². The van der Waals surface area contributed by atoms with Gasteiger partial charge in [-0.2, -0.15) is 0 Å². The number of nitrogens with zero attached hydrogens (tertiary/aromatic N) is 4. The van der Waals surface area contributed by atoms with Crippen molar-refractivity contribution in [3.05, 3.63) is 113 Å². The number of nitrogens with one attached hydrogen (secondary N) is 2. The molecule has 212 valence electrons. The molecule has 0 spiro atoms. The molecule has 11 heteroatoms. The summed E-state index contributed by atoms with van der Waals surface area (Å²) in [7, 11) is 1.60. The summed E-state index contributed by atoms with van der Waals surface area (Å²) in [5.41, 5.74) is 15.9. The minimum atomic E-state index is -1.46. The van der Waals surface area contributed by atoms with Crippen LogP contribution in [0.1, 0.15) is 35.6 Å². The van der Waals surface area contributed by atoms with Crippen LogP contribution < -0.4 is 20.3 Å². The first-order chi connectivity index (χ1) is 20.0. The second kappa shape index (κ2) is 14.0. The summed E-state index contributed by atoms with van der Waals surface area (Å²) in [6, 6.07) is 21.5. The number of aliphatic hydroxyl groups excluding tert-OH is 1. The molecule has 0 radical (unpaired) electrons. The van der Waals surface area contributed by atoms with Crippen molar-refractivity contribution in [3.63, 3.8) is 0 Å². The minimum Gasteiger partial charge on any atom is -0.497 e. The predicted octanol–water partition coefficient (Wildman–Crippen LogP) is 5.05. The molecule has 1 amide bonds. The smallest absolute Gasteiger partial charge is 0.266 e. The van der Waals surface area contributed by atoms with E-state index in [1.807, 2.05) is 24.3 Å². The number of carbonyl (C=O) groups is 1. The Hall–Kier alpha value is -4.83. The maximum absolute atomic E-state index is 13.9. The van der Waals surface area contributed by atoms with Gasteiger partial charge in [0, 0.05) is 47.7 Å². The molecule has 1 aliphatic heterocycles. The number of benzene rings is 3. The van der Waals surface area contributed by atoms with Gasteiger partial charge in [-0.25, -0.2) is 10.4 Å². The Morgan fingerprint density at radius 2 is 1.90 bits per heavy atom. The number of ether oxygens (including phenoxy) is 3. The van der Waals surface area contributed by atoms with Crippen LogP contribution in [0.5, 0.6) is 11.5 Å². The quantitative estimate of drug-likeness (QED) is 0.0631. The Morgan fingerprint density at radius 3 is 2.59 bits per heavy atom. The van der Waals surface area contributed by atoms with Crippen LogP contribution in [-0.2, 0) is 16.1 Å². The third-order valence-corrected chi connectivity index (χ3v) is 6.51. The monoisotopic (exact) mass is 556 g/mol. The molecule has 0 bridgehead atoms. The van der Waals surface area contributed by atoms with Crippen LogP contribution >= 0.6 is 0 Å². The Morgan fingerprint density at radius 1 is 1.17 bits per heavy atom. The lowest BCUT2D eigenvalue weighted by atomic mass is 9.84. The minimum absolute atomic E-state index is 0.0455. The van der Waals surface area contributed by atoms with Gasteiger partial charge in [0.25, 0.3) is 5.91 Å². The fraction of sp³-hybridized carbons (Fsp3) is 0.267. The van der Waals surface area contributed by atoms with Gasteiger partial charge < -0.3 is 19.3 Å². The van der Waals surface area contributed by atoms with Gasteiger partial charge in [0.15, 0.2) is 11.6 Å². The third-order valence-electron chi connectivity index (χ3n) is 6.51. The van der Waals surface area contributed by atoms with E-state index in [4.69, 9.17) is 24.3 Å². The van der Waals surface area contributed by atoms with Gasteiger partial charge in [-0.3, -0.25) is 10.2 Å². The highest BCUT2D eigenvalue weighted by molar-refractivity contribution is 6.01. The highest BCUT2D eigenvalue weighted by Crippen LogP contribution is 2.45. The Bertz CT molecular complexity index is 1420. The van der Waals surface area contributed by atoms with Gasteiger partial charge >= 0.3 is 0 Å². The van der Waals surface area contributed by atoms with Crippen LogP contribution in [0.15, 0.2) is 95.6 Å². The van der Waals surface area contributed by atoms with Crippen molar-refractivity contribution < 1.29 is 24.1 Å². The molecule has 3 aromatic rings. The average Bonchev–Trinajstić information content (AvgIpc) is 3.39. The summed E-state index contributed by atoms with van der Waals surface area (Å²) in [6.45, 7) is 4.66. The normalized spacial score (nSPS) is 17.5. The van der Waals surface area contributed by atoms with E-state index >= 15 is 0 Å². The summed E-state index contributed by atoms with van der Waals surface area (Å²) in [5.74, 6) is 1.17. The van der Waals surface area contributed by atoms with E-state index < -0.39 is 17.6 Å². The Balaban J connectivity index is 1.65. The van der Waals surface area contributed by atoms with E-state index in [0.29, 0.717) is 42.1 Å². The SMILES string of the molecule is C=CC[C@]1(C(=O)NNCc2ccc(OC)cc2)N=C(c2ccc(OCCCO)cc2)O[C@H]1c1ccccc1N=[N+]=[N-]. The molecule has 1 heterocycles. The van der Waals surface area contributed by atoms with Crippen LogP contribution in [0, 0.1) is 0 Å². The molecule has 41 heavy (non-hydrogen) atoms. The molecule has 3 N–H and O–H groups in total. The fourth-order valence-electron chi connectivity index (χ4n) is 4.44. The van der Waals surface area contributed by atoms with Crippen LogP contribution in [0.2, 0.25) is 0 Å². The molecule has 1 aliphatic rings. The predicted molar refractivity (Wildman–Crippen MR) is 155 cm³/mol. The maximum atomic E-state index is 13.9. The summed E-state index contributed by atoms with van der Waals surface area (Å²) in [5, 5.41) is 12.8. The van der Waals surface area contributed by atoms with Crippen LogP contribution in [0.3, 0.4) is 0 Å². The van der Waals surface area contributed by atoms with E-state index in [1.54, 1.807) is 61.7 Å². The van der Waals surface area contributed by atoms with E-state index in [-0.39, 0.29) is 18.9 Å². The topological polar surface area (TPSA) is 150 Å². The molecule has 2 atom stereocenters. The largest absolute Gasteiger partial charge is 0.497 e. The van der Waals surface area contributed by atoms with Gasteiger partial charge in [-0.05, 0) is 47.5 Å². The van der Waals surface area contributed by atoms with Gasteiger partial charge in [-0.1, -0.05) is 47.6 Å². The van der Waals surface area contributed by atoms with Gasteiger partial charge in [0.2, 0.25) is 5.90 Å². The first kappa shape index (κ1) is 29.2. The molecule has 0 saturated heterocycles. The molecular formula is C30H32N6O5. The first-order valence-corrected chi connectivity index (χ1v) is 13.1. The molecule has 0 fully saturated rings. The van der Waals surface area contributed by atoms with Crippen LogP contribution in [0.4, 0.5) is 5.69 Å². The molecule has 11 nitrogen and oxygen atoms in total. The zero-order valence-corrected chi connectivity index (χ0v) is 22.7. The zero-order chi connectivity index (χ0) is 29.1. The number of aliphatic hydroxyl groups is 1. The number of methoxy groups -OCH3 is 1. The number of carbonyl (C=O) groups excluding carboxylic acids is 1. The van der Waals surface area contributed by atoms with Crippen molar-refractivity contribution in [1.82, 2.24) is 10.9 Å². The van der Waals surface area contributed by atoms with Crippen molar-refractivity contribution in [2.75, 3.05) is 20.3 Å². The third kappa shape index (κ3) is 6.85. The first-order valence-electron chi connectivity index (χ1n) is 13.1. The van der Waals surface area contributed by atoms with Gasteiger partial charge in [0.05, 0.1) is 13.7 Å². The lowest BCUT2D eigenvalue weighted by molar-refractivity contribution is -0.129. The van der Waals surface area contributed by atoms with Crippen LogP contribution in [-0.4, -0.2) is 42.8 Å². The molecule has 4 rings (SSSR count). The number of hydrogen-bond acceptors (Lipinski definition) is 8. The molecule has 0 saturated carbocycles. The highest BCUT2D eigenvalue weighted by atomic mass is 16.5. The number of azide groups is 1. The maximum Gasteiger partial charge on any atom is 0.266 e. The highest BCUT2D eigenvalue weighted by Gasteiger charge is 2.53. The number of amides is 1. The van der Waals surface area contributed by atoms with Crippen molar-refractivity contribution >= 4 is 17.5 Å². The second-order valence-electron chi connectivity index (χ2n) is 9.19. The van der Waals surface area contributed by atoms with Crippen molar-refractivity contribution in [2.24, 2.45) is 10.1 Å². The summed E-state index contributed by atoms with van der Waals surface area (Å²) in [4.78, 5) is 21.7. The van der Waals surface area contributed by atoms with Crippen LogP contribution in [0.25, 0.3) is 10.4 Å². The number of hydrogen-bond donors (Lipinski definition) is 3. The van der Waals surface area contributed by atoms with E-state index in [9.17, 15) is 10.3 Å². The van der Waals surface area contributed by atoms with Gasteiger partial charge in [0.1, 0.15) is 11.5 Å². The summed E-state index contributed by atoms with van der Waals surface area (Å²) < 4.78 is 17.2. The second-order valence-corrected chi connectivity index (χ2v) is 9.19. The lowest BCUT2D eigenvalue weighted by Crippen LogP contribution is -2.52. The van der Waals surface area contributed by atoms with E-state index in [2.05, 4.69) is 27.5 Å². The molecule has 3 aromatic carbocycles. The molecule has 0 aliphatic carbocycles. The molecular weight excluding hydrogens is 524 g/mol. The average molecular weight is 557 g/mol. The standard InChI is InChI=1S/C30H32N6O5/c1-3-17-30(29(38)35-32-20-21-9-13-23(39-2)14-10-21)27(25-7-4-5-8-26(25)34-36-31)41-28(33-30)22-11-15-24(16-12-22)40-19-6-18-37/h3-5,7-16,27,32,37H,1,6,17-20H2,2H3,(H,35,38)/t27-,30-/m0/s1. The molecule has 0 aromatic heterocycles. The Labute approximate surface area is 238 Å². The van der Waals surface area contributed by atoms with Crippen molar-refractivity contribution in [3.8, 4) is 11.5 Å². The fourth-order valence-corrected chi connectivity index (χ4v) is 4.44. The lowest BCUT2D eigenvalue weighted by Gasteiger charge is -2.30. The van der Waals surface area contributed by atoms with Crippen molar-refractivity contribution in [2.45, 2.75) is 31.0 Å². The summed E-state index contributed by atoms with van der Waals surface area (Å²) in [6.07, 6.45) is 1.36. The van der Waals surface area contributed by atoms with Gasteiger partial charge in [-0.15, -0.1) is 6.58 Å².